The summed E-state index contributed by atoms with van der Waals surface area (Å²) in [6, 6.07) is 3.05. The van der Waals surface area contributed by atoms with Crippen LogP contribution < -0.4 is 4.90 Å². The van der Waals surface area contributed by atoms with E-state index in [-0.39, 0.29) is 23.7 Å². The maximum atomic E-state index is 14.3. The maximum Gasteiger partial charge on any atom is 0.410 e. The van der Waals surface area contributed by atoms with Gasteiger partial charge in [-0.25, -0.2) is 14.0 Å². The van der Waals surface area contributed by atoms with E-state index < -0.39 is 17.4 Å². The molecule has 2 rings (SSSR count). The Morgan fingerprint density at radius 2 is 1.70 bits per heavy atom. The lowest BCUT2D eigenvalue weighted by molar-refractivity contribution is 0.0183. The molecule has 0 radical (unpaired) electrons. The fraction of sp³-hybridized carbons (Fsp3) is 0.652. The summed E-state index contributed by atoms with van der Waals surface area (Å²) in [5.74, 6) is -0.986. The molecule has 0 unspecified atom stereocenters. The van der Waals surface area contributed by atoms with E-state index in [1.54, 1.807) is 11.9 Å². The van der Waals surface area contributed by atoms with Crippen LogP contribution in [0.4, 0.5) is 14.9 Å². The second-order valence-corrected chi connectivity index (χ2v) is 8.93. The average Bonchev–Trinajstić information content (AvgIpc) is 2.68. The Balaban J connectivity index is 2.13. The fourth-order valence-corrected chi connectivity index (χ4v) is 4.15. The molecule has 7 heteroatoms. The topological polar surface area (TPSA) is 59.1 Å². The number of rotatable bonds is 5. The highest BCUT2D eigenvalue weighted by atomic mass is 19.1. The Bertz CT molecular complexity index is 767. The first-order valence-corrected chi connectivity index (χ1v) is 10.6. The van der Waals surface area contributed by atoms with Crippen LogP contribution in [0.1, 0.15) is 69.3 Å². The number of nitrogens with zero attached hydrogens (tertiary/aromatic N) is 2. The molecule has 0 atom stereocenters. The number of methoxy groups -OCH3 is 1. The lowest BCUT2D eigenvalue weighted by Crippen LogP contribution is -2.46. The molecule has 6 nitrogen and oxygen atoms in total. The summed E-state index contributed by atoms with van der Waals surface area (Å²) < 4.78 is 24.6. The van der Waals surface area contributed by atoms with Gasteiger partial charge < -0.3 is 19.3 Å². The van der Waals surface area contributed by atoms with Gasteiger partial charge in [0.2, 0.25) is 0 Å². The molecule has 30 heavy (non-hydrogen) atoms. The summed E-state index contributed by atoms with van der Waals surface area (Å²) in [6.07, 6.45) is 3.12. The van der Waals surface area contributed by atoms with Crippen molar-refractivity contribution in [3.05, 3.63) is 29.1 Å². The Labute approximate surface area is 179 Å². The van der Waals surface area contributed by atoms with Gasteiger partial charge in [0.15, 0.2) is 0 Å². The predicted molar refractivity (Wildman–Crippen MR) is 116 cm³/mol. The molecule has 1 amide bonds. The number of carbonyl (C=O) groups is 2. The van der Waals surface area contributed by atoms with E-state index in [9.17, 15) is 14.0 Å². The second kappa shape index (κ2) is 9.67. The minimum Gasteiger partial charge on any atom is -0.465 e. The van der Waals surface area contributed by atoms with Crippen molar-refractivity contribution < 1.29 is 23.5 Å². The van der Waals surface area contributed by atoms with Crippen molar-refractivity contribution in [3.63, 3.8) is 0 Å². The van der Waals surface area contributed by atoms with Crippen molar-refractivity contribution in [1.82, 2.24) is 4.90 Å². The molecule has 1 fully saturated rings. The normalized spacial score (nSPS) is 19.2. The molecule has 0 spiro atoms. The number of hydrogen-bond acceptors (Lipinski definition) is 5. The van der Waals surface area contributed by atoms with Gasteiger partial charge in [0.1, 0.15) is 11.4 Å². The number of esters is 1. The standard InChI is InChI=1S/C23H35FN2O4/c1-8-26(20-14-16(24)13-19(15(20)2)21(27)29-7)18-11-9-17(10-12-18)25(6)22(28)30-23(3,4)5/h13-14,17-18H,8-12H2,1-7H3. The zero-order chi connectivity index (χ0) is 22.6. The lowest BCUT2D eigenvalue weighted by Gasteiger charge is -2.41. The monoisotopic (exact) mass is 422 g/mol. The van der Waals surface area contributed by atoms with E-state index in [4.69, 9.17) is 9.47 Å². The largest absolute Gasteiger partial charge is 0.465 e. The van der Waals surface area contributed by atoms with Gasteiger partial charge in [-0.3, -0.25) is 0 Å². The highest BCUT2D eigenvalue weighted by Gasteiger charge is 2.32. The van der Waals surface area contributed by atoms with Crippen molar-refractivity contribution in [1.29, 1.82) is 0 Å². The first-order chi connectivity index (χ1) is 14.0. The zero-order valence-corrected chi connectivity index (χ0v) is 19.3. The van der Waals surface area contributed by atoms with Crippen LogP contribution in [-0.4, -0.2) is 55.3 Å². The van der Waals surface area contributed by atoms with Gasteiger partial charge in [-0.1, -0.05) is 0 Å². The predicted octanol–water partition coefficient (Wildman–Crippen LogP) is 4.93. The average molecular weight is 423 g/mol. The molecule has 0 aromatic heterocycles. The van der Waals surface area contributed by atoms with E-state index in [1.165, 1.54) is 19.2 Å². The Morgan fingerprint density at radius 1 is 1.13 bits per heavy atom. The van der Waals surface area contributed by atoms with E-state index in [0.717, 1.165) is 36.9 Å². The third kappa shape index (κ3) is 5.64. The number of amides is 1. The van der Waals surface area contributed by atoms with Crippen LogP contribution in [0, 0.1) is 12.7 Å². The molecular formula is C23H35FN2O4. The molecule has 168 valence electrons. The summed E-state index contributed by atoms with van der Waals surface area (Å²) >= 11 is 0. The molecule has 0 saturated heterocycles. The number of hydrogen-bond donors (Lipinski definition) is 0. The lowest BCUT2D eigenvalue weighted by atomic mass is 9.88. The molecule has 0 aliphatic heterocycles. The zero-order valence-electron chi connectivity index (χ0n) is 19.3. The second-order valence-electron chi connectivity index (χ2n) is 8.93. The minimum absolute atomic E-state index is 0.119. The van der Waals surface area contributed by atoms with Crippen LogP contribution in [-0.2, 0) is 9.47 Å². The molecule has 0 N–H and O–H groups in total. The van der Waals surface area contributed by atoms with Crippen molar-refractivity contribution in [2.45, 2.75) is 78.0 Å². The third-order valence-corrected chi connectivity index (χ3v) is 5.74. The summed E-state index contributed by atoms with van der Waals surface area (Å²) in [4.78, 5) is 28.3. The van der Waals surface area contributed by atoms with Crippen molar-refractivity contribution in [3.8, 4) is 0 Å². The maximum absolute atomic E-state index is 14.3. The Hall–Kier alpha value is -2.31. The summed E-state index contributed by atoms with van der Waals surface area (Å²) in [7, 11) is 3.09. The molecule has 1 saturated carbocycles. The van der Waals surface area contributed by atoms with E-state index in [2.05, 4.69) is 4.90 Å². The minimum atomic E-state index is -0.535. The van der Waals surface area contributed by atoms with Gasteiger partial charge in [0, 0.05) is 31.4 Å². The molecule has 1 aliphatic carbocycles. The third-order valence-electron chi connectivity index (χ3n) is 5.74. The van der Waals surface area contributed by atoms with Crippen LogP contribution in [0.15, 0.2) is 12.1 Å². The summed E-state index contributed by atoms with van der Waals surface area (Å²) in [6.45, 7) is 10.1. The highest BCUT2D eigenvalue weighted by molar-refractivity contribution is 5.92. The molecule has 0 heterocycles. The SMILES string of the molecule is CCN(c1cc(F)cc(C(=O)OC)c1C)C1CCC(N(C)C(=O)OC(C)(C)C)CC1. The molecule has 1 aromatic rings. The van der Waals surface area contributed by atoms with Gasteiger partial charge in [-0.05, 0) is 78.0 Å². The Morgan fingerprint density at radius 3 is 2.20 bits per heavy atom. The smallest absolute Gasteiger partial charge is 0.410 e. The number of anilines is 1. The van der Waals surface area contributed by atoms with Crippen LogP contribution in [0.25, 0.3) is 0 Å². The molecule has 1 aromatic carbocycles. The molecule has 1 aliphatic rings. The number of halogens is 1. The van der Waals surface area contributed by atoms with Crippen LogP contribution >= 0.6 is 0 Å². The quantitative estimate of drug-likeness (QED) is 0.630. The molecule has 0 bridgehead atoms. The van der Waals surface area contributed by atoms with Crippen molar-refractivity contribution in [2.75, 3.05) is 25.6 Å². The number of benzene rings is 1. The Kier molecular flexibility index (Phi) is 7.72. The summed E-state index contributed by atoms with van der Waals surface area (Å²) in [5.41, 5.74) is 1.18. The van der Waals surface area contributed by atoms with E-state index in [1.807, 2.05) is 34.6 Å². The van der Waals surface area contributed by atoms with Crippen molar-refractivity contribution in [2.24, 2.45) is 0 Å². The first kappa shape index (κ1) is 24.0. The highest BCUT2D eigenvalue weighted by Crippen LogP contribution is 2.33. The van der Waals surface area contributed by atoms with Gasteiger partial charge in [-0.2, -0.15) is 0 Å². The summed E-state index contributed by atoms with van der Waals surface area (Å²) in [5, 5.41) is 0. The fourth-order valence-electron chi connectivity index (χ4n) is 4.15. The van der Waals surface area contributed by atoms with Gasteiger partial charge >= 0.3 is 12.1 Å². The number of ether oxygens (including phenoxy) is 2. The first-order valence-electron chi connectivity index (χ1n) is 10.6. The van der Waals surface area contributed by atoms with E-state index in [0.29, 0.717) is 6.54 Å². The van der Waals surface area contributed by atoms with E-state index >= 15 is 0 Å². The van der Waals surface area contributed by atoms with Gasteiger partial charge in [0.05, 0.1) is 12.7 Å². The van der Waals surface area contributed by atoms with Crippen LogP contribution in [0.5, 0.6) is 0 Å². The van der Waals surface area contributed by atoms with Crippen LogP contribution in [0.2, 0.25) is 0 Å². The van der Waals surface area contributed by atoms with Gasteiger partial charge in [-0.15, -0.1) is 0 Å². The van der Waals surface area contributed by atoms with Crippen LogP contribution in [0.3, 0.4) is 0 Å². The molecular weight excluding hydrogens is 387 g/mol. The van der Waals surface area contributed by atoms with Crippen molar-refractivity contribution >= 4 is 17.7 Å². The van der Waals surface area contributed by atoms with Gasteiger partial charge in [0.25, 0.3) is 0 Å². The number of carbonyl (C=O) groups excluding carboxylic acids is 2.